The molecule has 0 atom stereocenters. The lowest BCUT2D eigenvalue weighted by molar-refractivity contribution is 0.0243. The number of ether oxygens (including phenoxy) is 2. The van der Waals surface area contributed by atoms with Gasteiger partial charge in [-0.05, 0) is 25.0 Å². The summed E-state index contributed by atoms with van der Waals surface area (Å²) < 4.78 is 10.6. The minimum atomic E-state index is -0.201. The highest BCUT2D eigenvalue weighted by molar-refractivity contribution is 5.90. The van der Waals surface area contributed by atoms with Crippen LogP contribution in [0.2, 0.25) is 0 Å². The number of carbonyl (C=O) groups is 1. The van der Waals surface area contributed by atoms with Gasteiger partial charge >= 0.3 is 6.03 Å². The Morgan fingerprint density at radius 2 is 2.09 bits per heavy atom. The number of carbonyl (C=O) groups excluding carboxylic acids is 1. The van der Waals surface area contributed by atoms with Gasteiger partial charge in [-0.2, -0.15) is 0 Å². The number of benzene rings is 1. The number of hydrogen-bond acceptors (Lipinski definition) is 4. The van der Waals surface area contributed by atoms with Gasteiger partial charge in [0.2, 0.25) is 0 Å². The van der Waals surface area contributed by atoms with Crippen molar-refractivity contribution in [2.75, 3.05) is 45.8 Å². The Bertz CT molecular complexity index is 512. The summed E-state index contributed by atoms with van der Waals surface area (Å²) in [6.45, 7) is 1.59. The predicted molar refractivity (Wildman–Crippen MR) is 88.8 cm³/mol. The van der Waals surface area contributed by atoms with Gasteiger partial charge < -0.3 is 24.8 Å². The van der Waals surface area contributed by atoms with Crippen molar-refractivity contribution >= 4 is 11.7 Å². The summed E-state index contributed by atoms with van der Waals surface area (Å²) in [6, 6.07) is 7.12. The van der Waals surface area contributed by atoms with Crippen LogP contribution < -0.4 is 10.1 Å². The molecule has 0 spiro atoms. The molecule has 2 N–H and O–H groups in total. The molecule has 0 unspecified atom stereocenters. The number of nitrogens with one attached hydrogen (secondary N) is 1. The number of anilines is 1. The first kappa shape index (κ1) is 17.6. The molecule has 0 bridgehead atoms. The van der Waals surface area contributed by atoms with Gasteiger partial charge in [-0.25, -0.2) is 4.79 Å². The highest BCUT2D eigenvalue weighted by atomic mass is 16.5. The maximum atomic E-state index is 12.4. The van der Waals surface area contributed by atoms with Crippen molar-refractivity contribution in [3.8, 4) is 5.75 Å². The molecular weight excluding hydrogens is 296 g/mol. The number of rotatable bonds is 8. The first-order valence-corrected chi connectivity index (χ1v) is 7.94. The molecule has 1 saturated carbocycles. The number of aliphatic hydroxyl groups is 1. The number of para-hydroxylation sites is 2. The summed E-state index contributed by atoms with van der Waals surface area (Å²) in [4.78, 5) is 14.0. The van der Waals surface area contributed by atoms with Crippen molar-refractivity contribution < 1.29 is 19.4 Å². The molecule has 23 heavy (non-hydrogen) atoms. The van der Waals surface area contributed by atoms with Crippen molar-refractivity contribution in [2.24, 2.45) is 5.41 Å². The van der Waals surface area contributed by atoms with Gasteiger partial charge in [0.05, 0.1) is 18.9 Å². The Morgan fingerprint density at radius 3 is 2.70 bits per heavy atom. The molecule has 0 aromatic heterocycles. The molecule has 6 heteroatoms. The van der Waals surface area contributed by atoms with Gasteiger partial charge in [-0.3, -0.25) is 0 Å². The van der Waals surface area contributed by atoms with Crippen molar-refractivity contribution in [1.29, 1.82) is 0 Å². The Labute approximate surface area is 137 Å². The van der Waals surface area contributed by atoms with Crippen molar-refractivity contribution in [3.05, 3.63) is 24.3 Å². The maximum Gasteiger partial charge on any atom is 0.321 e. The molecule has 0 radical (unpaired) electrons. The third-order valence-corrected chi connectivity index (χ3v) is 4.34. The molecular formula is C17H26N2O4. The first-order chi connectivity index (χ1) is 11.1. The van der Waals surface area contributed by atoms with Gasteiger partial charge in [0.1, 0.15) is 12.4 Å². The van der Waals surface area contributed by atoms with E-state index < -0.39 is 0 Å². The standard InChI is InChI=1S/C17H26N2O4/c1-19(12-17(13-20)8-5-9-17)16(21)18-14-6-3-4-7-15(14)23-11-10-22-2/h3-4,6-7,20H,5,8-13H2,1-2H3,(H,18,21). The SMILES string of the molecule is COCCOc1ccccc1NC(=O)N(C)CC1(CO)CCC1. The van der Waals surface area contributed by atoms with Gasteiger partial charge in [-0.1, -0.05) is 18.6 Å². The van der Waals surface area contributed by atoms with Gasteiger partial charge in [0, 0.05) is 26.1 Å². The largest absolute Gasteiger partial charge is 0.489 e. The number of urea groups is 1. The molecule has 2 rings (SSSR count). The van der Waals surface area contributed by atoms with E-state index in [1.807, 2.05) is 18.2 Å². The summed E-state index contributed by atoms with van der Waals surface area (Å²) in [6.07, 6.45) is 3.06. The lowest BCUT2D eigenvalue weighted by atomic mass is 9.69. The molecule has 0 aliphatic heterocycles. The summed E-state index contributed by atoms with van der Waals surface area (Å²) >= 11 is 0. The van der Waals surface area contributed by atoms with Gasteiger partial charge in [-0.15, -0.1) is 0 Å². The second-order valence-electron chi connectivity index (χ2n) is 6.14. The molecule has 0 heterocycles. The minimum Gasteiger partial charge on any atom is -0.489 e. The quantitative estimate of drug-likeness (QED) is 0.721. The highest BCUT2D eigenvalue weighted by Crippen LogP contribution is 2.40. The topological polar surface area (TPSA) is 71.0 Å². The van der Waals surface area contributed by atoms with Crippen molar-refractivity contribution in [1.82, 2.24) is 4.90 Å². The first-order valence-electron chi connectivity index (χ1n) is 7.94. The second-order valence-corrected chi connectivity index (χ2v) is 6.14. The van der Waals surface area contributed by atoms with Crippen LogP contribution in [0.25, 0.3) is 0 Å². The monoisotopic (exact) mass is 322 g/mol. The summed E-state index contributed by atoms with van der Waals surface area (Å²) in [5, 5.41) is 12.4. The molecule has 6 nitrogen and oxygen atoms in total. The van der Waals surface area contributed by atoms with Crippen LogP contribution >= 0.6 is 0 Å². The van der Waals surface area contributed by atoms with E-state index in [1.54, 1.807) is 25.1 Å². The number of aliphatic hydroxyl groups excluding tert-OH is 1. The summed E-state index contributed by atoms with van der Waals surface area (Å²) in [5.74, 6) is 0.617. The van der Waals surface area contributed by atoms with Crippen LogP contribution in [0.1, 0.15) is 19.3 Å². The van der Waals surface area contributed by atoms with Crippen LogP contribution in [0.4, 0.5) is 10.5 Å². The van der Waals surface area contributed by atoms with Gasteiger partial charge in [0.25, 0.3) is 0 Å². The van der Waals surface area contributed by atoms with E-state index >= 15 is 0 Å². The second kappa shape index (κ2) is 8.17. The lowest BCUT2D eigenvalue weighted by Gasteiger charge is -2.42. The molecule has 1 aliphatic carbocycles. The molecule has 1 aliphatic rings. The smallest absolute Gasteiger partial charge is 0.321 e. The lowest BCUT2D eigenvalue weighted by Crippen LogP contribution is -2.46. The Hall–Kier alpha value is -1.79. The molecule has 2 amide bonds. The zero-order chi connectivity index (χ0) is 16.7. The van der Waals surface area contributed by atoms with Crippen LogP contribution in [0.3, 0.4) is 0 Å². The van der Waals surface area contributed by atoms with E-state index in [1.165, 1.54) is 0 Å². The average molecular weight is 322 g/mol. The predicted octanol–water partition coefficient (Wildman–Crippen LogP) is 2.34. The Morgan fingerprint density at radius 1 is 1.35 bits per heavy atom. The summed E-state index contributed by atoms with van der Waals surface area (Å²) in [5.41, 5.74) is 0.507. The Balaban J connectivity index is 1.94. The number of hydrogen-bond donors (Lipinski definition) is 2. The minimum absolute atomic E-state index is 0.124. The normalized spacial score (nSPS) is 15.6. The fourth-order valence-electron chi connectivity index (χ4n) is 2.76. The van der Waals surface area contributed by atoms with E-state index in [4.69, 9.17) is 9.47 Å². The van der Waals surface area contributed by atoms with E-state index in [-0.39, 0.29) is 18.1 Å². The van der Waals surface area contributed by atoms with Crippen molar-refractivity contribution in [2.45, 2.75) is 19.3 Å². The van der Waals surface area contributed by atoms with Crippen LogP contribution in [0.15, 0.2) is 24.3 Å². The van der Waals surface area contributed by atoms with Crippen LogP contribution in [0.5, 0.6) is 5.75 Å². The molecule has 128 valence electrons. The zero-order valence-electron chi connectivity index (χ0n) is 13.9. The highest BCUT2D eigenvalue weighted by Gasteiger charge is 2.38. The van der Waals surface area contributed by atoms with E-state index in [9.17, 15) is 9.90 Å². The van der Waals surface area contributed by atoms with E-state index in [2.05, 4.69) is 5.32 Å². The van der Waals surface area contributed by atoms with E-state index in [0.717, 1.165) is 19.3 Å². The molecule has 1 aromatic rings. The summed E-state index contributed by atoms with van der Waals surface area (Å²) in [7, 11) is 3.36. The van der Waals surface area contributed by atoms with Crippen LogP contribution in [0, 0.1) is 5.41 Å². The zero-order valence-corrected chi connectivity index (χ0v) is 13.9. The van der Waals surface area contributed by atoms with Crippen LogP contribution in [-0.4, -0.2) is 56.6 Å². The number of amides is 2. The third-order valence-electron chi connectivity index (χ3n) is 4.34. The van der Waals surface area contributed by atoms with Crippen molar-refractivity contribution in [3.63, 3.8) is 0 Å². The van der Waals surface area contributed by atoms with E-state index in [0.29, 0.717) is 31.2 Å². The third kappa shape index (κ3) is 4.59. The fourth-order valence-corrected chi connectivity index (χ4v) is 2.76. The average Bonchev–Trinajstić information content (AvgIpc) is 2.52. The molecule has 1 aromatic carbocycles. The molecule has 0 saturated heterocycles. The number of nitrogens with zero attached hydrogens (tertiary/aromatic N) is 1. The maximum absolute atomic E-state index is 12.4. The van der Waals surface area contributed by atoms with Crippen LogP contribution in [-0.2, 0) is 4.74 Å². The van der Waals surface area contributed by atoms with Gasteiger partial charge in [0.15, 0.2) is 0 Å². The number of methoxy groups -OCH3 is 1. The molecule has 1 fully saturated rings. The fraction of sp³-hybridized carbons (Fsp3) is 0.588. The Kier molecular flexibility index (Phi) is 6.24.